The lowest BCUT2D eigenvalue weighted by atomic mass is 10.0. The summed E-state index contributed by atoms with van der Waals surface area (Å²) in [5.74, 6) is -2.60. The van der Waals surface area contributed by atoms with Crippen LogP contribution in [-0.2, 0) is 16.6 Å². The van der Waals surface area contributed by atoms with E-state index in [1.807, 2.05) is 18.2 Å². The maximum absolute atomic E-state index is 13.4. The molecule has 1 heterocycles. The van der Waals surface area contributed by atoms with Gasteiger partial charge in [0.2, 0.25) is 0 Å². The molecule has 1 aliphatic rings. The van der Waals surface area contributed by atoms with Gasteiger partial charge in [-0.2, -0.15) is 0 Å². The van der Waals surface area contributed by atoms with E-state index in [0.717, 1.165) is 44.6 Å². The molecule has 9 heteroatoms. The highest BCUT2D eigenvalue weighted by molar-refractivity contribution is 7.92. The van der Waals surface area contributed by atoms with Gasteiger partial charge in [-0.3, -0.25) is 14.4 Å². The lowest BCUT2D eigenvalue weighted by molar-refractivity contribution is 0.0909. The second-order valence-electron chi connectivity index (χ2n) is 8.27. The van der Waals surface area contributed by atoms with Gasteiger partial charge in [-0.05, 0) is 60.9 Å². The number of halogens is 2. The normalized spacial score (nSPS) is 15.1. The van der Waals surface area contributed by atoms with E-state index in [9.17, 15) is 22.0 Å². The number of anilines is 1. The van der Waals surface area contributed by atoms with Gasteiger partial charge in [0.05, 0.1) is 4.90 Å². The Morgan fingerprint density at radius 1 is 0.912 bits per heavy atom. The molecule has 1 aliphatic heterocycles. The van der Waals surface area contributed by atoms with Crippen LogP contribution >= 0.6 is 0 Å². The Balaban J connectivity index is 1.30. The van der Waals surface area contributed by atoms with Crippen LogP contribution in [0.5, 0.6) is 0 Å². The maximum atomic E-state index is 13.4. The van der Waals surface area contributed by atoms with E-state index in [2.05, 4.69) is 27.1 Å². The summed E-state index contributed by atoms with van der Waals surface area (Å²) in [6.45, 7) is 2.68. The minimum atomic E-state index is -4.10. The molecule has 3 aromatic carbocycles. The van der Waals surface area contributed by atoms with E-state index in [-0.39, 0.29) is 17.6 Å². The summed E-state index contributed by atoms with van der Waals surface area (Å²) in [4.78, 5) is 14.6. The molecule has 0 aromatic heterocycles. The highest BCUT2D eigenvalue weighted by atomic mass is 32.2. The summed E-state index contributed by atoms with van der Waals surface area (Å²) in [7, 11) is -4.10. The predicted molar refractivity (Wildman–Crippen MR) is 126 cm³/mol. The maximum Gasteiger partial charge on any atom is 0.261 e. The second kappa shape index (κ2) is 10.3. The lowest BCUT2D eigenvalue weighted by Gasteiger charge is -2.32. The van der Waals surface area contributed by atoms with Crippen molar-refractivity contribution in [2.24, 2.45) is 0 Å². The van der Waals surface area contributed by atoms with E-state index in [1.165, 1.54) is 29.8 Å². The third-order valence-corrected chi connectivity index (χ3v) is 7.15. The van der Waals surface area contributed by atoms with E-state index in [4.69, 9.17) is 0 Å². The smallest absolute Gasteiger partial charge is 0.261 e. The van der Waals surface area contributed by atoms with Crippen LogP contribution in [-0.4, -0.2) is 38.4 Å². The quantitative estimate of drug-likeness (QED) is 0.527. The van der Waals surface area contributed by atoms with Crippen LogP contribution in [0.1, 0.15) is 28.8 Å². The molecular weight excluding hydrogens is 460 g/mol. The number of hydrogen-bond donors (Lipinski definition) is 2. The van der Waals surface area contributed by atoms with Gasteiger partial charge in [0.1, 0.15) is 0 Å². The van der Waals surface area contributed by atoms with Crippen molar-refractivity contribution < 1.29 is 22.0 Å². The van der Waals surface area contributed by atoms with Gasteiger partial charge < -0.3 is 5.32 Å². The van der Waals surface area contributed by atoms with Crippen molar-refractivity contribution in [3.05, 3.63) is 95.6 Å². The fourth-order valence-electron chi connectivity index (χ4n) is 3.89. The Bertz CT molecular complexity index is 1240. The van der Waals surface area contributed by atoms with Crippen LogP contribution in [0.2, 0.25) is 0 Å². The largest absolute Gasteiger partial charge is 0.349 e. The van der Waals surface area contributed by atoms with Crippen molar-refractivity contribution in [1.29, 1.82) is 0 Å². The van der Waals surface area contributed by atoms with Gasteiger partial charge in [0.15, 0.2) is 11.6 Å². The molecular formula is C25H25F2N3O3S. The fourth-order valence-corrected chi connectivity index (χ4v) is 4.96. The third-order valence-electron chi connectivity index (χ3n) is 5.77. The number of carbonyl (C=O) groups is 1. The first kappa shape index (κ1) is 23.8. The van der Waals surface area contributed by atoms with Gasteiger partial charge in [0, 0.05) is 36.9 Å². The molecule has 4 rings (SSSR count). The molecule has 0 unspecified atom stereocenters. The van der Waals surface area contributed by atoms with Crippen LogP contribution in [0.25, 0.3) is 0 Å². The molecule has 34 heavy (non-hydrogen) atoms. The number of nitrogens with one attached hydrogen (secondary N) is 2. The first-order valence-corrected chi connectivity index (χ1v) is 12.4. The molecule has 0 saturated carbocycles. The minimum absolute atomic E-state index is 0.0751. The number of rotatable bonds is 7. The molecule has 0 atom stereocenters. The van der Waals surface area contributed by atoms with Crippen molar-refractivity contribution in [3.63, 3.8) is 0 Å². The molecule has 1 amide bonds. The van der Waals surface area contributed by atoms with Crippen LogP contribution in [0, 0.1) is 11.6 Å². The molecule has 0 aliphatic carbocycles. The van der Waals surface area contributed by atoms with Crippen molar-refractivity contribution >= 4 is 21.6 Å². The van der Waals surface area contributed by atoms with E-state index in [1.54, 1.807) is 0 Å². The molecule has 1 fully saturated rings. The van der Waals surface area contributed by atoms with Gasteiger partial charge in [-0.15, -0.1) is 0 Å². The van der Waals surface area contributed by atoms with Gasteiger partial charge in [-0.25, -0.2) is 17.2 Å². The molecule has 6 nitrogen and oxygen atoms in total. The van der Waals surface area contributed by atoms with E-state index < -0.39 is 26.6 Å². The number of sulfonamides is 1. The summed E-state index contributed by atoms with van der Waals surface area (Å²) in [6, 6.07) is 18.6. The zero-order valence-corrected chi connectivity index (χ0v) is 19.2. The second-order valence-corrected chi connectivity index (χ2v) is 9.95. The van der Waals surface area contributed by atoms with Crippen molar-refractivity contribution in [3.8, 4) is 0 Å². The van der Waals surface area contributed by atoms with Crippen LogP contribution in [0.3, 0.4) is 0 Å². The fraction of sp³-hybridized carbons (Fsp3) is 0.240. The Morgan fingerprint density at radius 3 is 2.24 bits per heavy atom. The Labute approximate surface area is 197 Å². The number of benzene rings is 3. The number of hydrogen-bond acceptors (Lipinski definition) is 4. The predicted octanol–water partition coefficient (Wildman–Crippen LogP) is 4.16. The summed E-state index contributed by atoms with van der Waals surface area (Å²) >= 11 is 0. The minimum Gasteiger partial charge on any atom is -0.349 e. The van der Waals surface area contributed by atoms with Crippen LogP contribution < -0.4 is 10.0 Å². The zero-order valence-electron chi connectivity index (χ0n) is 18.4. The zero-order chi connectivity index (χ0) is 24.1. The number of piperidine rings is 1. The number of nitrogens with zero attached hydrogens (tertiary/aromatic N) is 1. The van der Waals surface area contributed by atoms with E-state index in [0.29, 0.717) is 11.6 Å². The first-order valence-electron chi connectivity index (χ1n) is 11.0. The summed E-state index contributed by atoms with van der Waals surface area (Å²) in [5.41, 5.74) is 1.88. The Hall–Kier alpha value is -3.30. The monoisotopic (exact) mass is 485 g/mol. The molecule has 2 N–H and O–H groups in total. The highest BCUT2D eigenvalue weighted by Gasteiger charge is 2.22. The van der Waals surface area contributed by atoms with E-state index >= 15 is 0 Å². The standard InChI is InChI=1S/C25H25F2N3O3S/c26-23-11-10-22(16-24(23)27)34(32,33)29-21-8-6-19(7-9-21)25(31)28-20-12-14-30(15-13-20)17-18-4-2-1-3-5-18/h1-11,16,20,29H,12-15,17H2,(H,28,31). The Kier molecular flexibility index (Phi) is 7.23. The van der Waals surface area contributed by atoms with Crippen LogP contribution in [0.4, 0.5) is 14.5 Å². The third kappa shape index (κ3) is 5.98. The van der Waals surface area contributed by atoms with Crippen LogP contribution in [0.15, 0.2) is 77.7 Å². The summed E-state index contributed by atoms with van der Waals surface area (Å²) < 4.78 is 53.6. The first-order chi connectivity index (χ1) is 16.3. The van der Waals surface area contributed by atoms with Crippen molar-refractivity contribution in [2.45, 2.75) is 30.3 Å². The average molecular weight is 486 g/mol. The topological polar surface area (TPSA) is 78.5 Å². The molecule has 0 spiro atoms. The van der Waals surface area contributed by atoms with Gasteiger partial charge >= 0.3 is 0 Å². The number of likely N-dealkylation sites (tertiary alicyclic amines) is 1. The lowest BCUT2D eigenvalue weighted by Crippen LogP contribution is -2.44. The van der Waals surface area contributed by atoms with Crippen molar-refractivity contribution in [1.82, 2.24) is 10.2 Å². The average Bonchev–Trinajstić information content (AvgIpc) is 2.83. The van der Waals surface area contributed by atoms with Gasteiger partial charge in [-0.1, -0.05) is 30.3 Å². The number of amides is 1. The van der Waals surface area contributed by atoms with Gasteiger partial charge in [0.25, 0.3) is 15.9 Å². The molecule has 1 saturated heterocycles. The molecule has 3 aromatic rings. The molecule has 178 valence electrons. The Morgan fingerprint density at radius 2 is 1.59 bits per heavy atom. The SMILES string of the molecule is O=C(NC1CCN(Cc2ccccc2)CC1)c1ccc(NS(=O)(=O)c2ccc(F)c(F)c2)cc1. The highest BCUT2D eigenvalue weighted by Crippen LogP contribution is 2.19. The molecule has 0 radical (unpaired) electrons. The summed E-state index contributed by atoms with van der Waals surface area (Å²) in [6.07, 6.45) is 1.70. The summed E-state index contributed by atoms with van der Waals surface area (Å²) in [5, 5.41) is 3.04. The van der Waals surface area contributed by atoms with Crippen molar-refractivity contribution in [2.75, 3.05) is 17.8 Å². The molecule has 0 bridgehead atoms. The number of carbonyl (C=O) groups excluding carboxylic acids is 1.